The Bertz CT molecular complexity index is 1400. The van der Waals surface area contributed by atoms with Crippen molar-refractivity contribution in [3.8, 4) is 17.1 Å². The molecule has 0 bridgehead atoms. The number of furan rings is 1. The molecule has 0 spiro atoms. The van der Waals surface area contributed by atoms with Gasteiger partial charge in [0.25, 0.3) is 0 Å². The summed E-state index contributed by atoms with van der Waals surface area (Å²) in [5, 5.41) is 4.83. The van der Waals surface area contributed by atoms with Gasteiger partial charge in [-0.2, -0.15) is 0 Å². The third kappa shape index (κ3) is 4.72. The van der Waals surface area contributed by atoms with Crippen LogP contribution in [0.3, 0.4) is 0 Å². The van der Waals surface area contributed by atoms with E-state index in [9.17, 15) is 0 Å². The molecule has 1 saturated heterocycles. The molecular formula is C30H28ClN3O2S. The van der Waals surface area contributed by atoms with Crippen molar-refractivity contribution >= 4 is 34.6 Å². The maximum atomic E-state index is 6.50. The van der Waals surface area contributed by atoms with Crippen LogP contribution in [-0.4, -0.2) is 16.2 Å². The molecule has 37 heavy (non-hydrogen) atoms. The minimum atomic E-state index is -0.225. The Morgan fingerprint density at radius 3 is 2.57 bits per heavy atom. The van der Waals surface area contributed by atoms with E-state index in [1.165, 1.54) is 12.8 Å². The van der Waals surface area contributed by atoms with Crippen LogP contribution >= 0.6 is 23.8 Å². The van der Waals surface area contributed by atoms with Gasteiger partial charge in [0.15, 0.2) is 5.11 Å². The Balaban J connectivity index is 1.36. The van der Waals surface area contributed by atoms with Gasteiger partial charge in [0, 0.05) is 22.5 Å². The van der Waals surface area contributed by atoms with E-state index in [1.54, 1.807) is 6.20 Å². The highest BCUT2D eigenvalue weighted by Gasteiger charge is 2.42. The van der Waals surface area contributed by atoms with Gasteiger partial charge >= 0.3 is 0 Å². The van der Waals surface area contributed by atoms with Gasteiger partial charge in [-0.3, -0.25) is 4.98 Å². The quantitative estimate of drug-likeness (QED) is 0.257. The van der Waals surface area contributed by atoms with Crippen molar-refractivity contribution in [1.82, 2.24) is 10.3 Å². The van der Waals surface area contributed by atoms with Crippen molar-refractivity contribution in [2.75, 3.05) is 4.90 Å². The fourth-order valence-corrected chi connectivity index (χ4v) is 5.86. The average molecular weight is 530 g/mol. The third-order valence-electron chi connectivity index (χ3n) is 7.27. The van der Waals surface area contributed by atoms with Crippen LogP contribution in [0.4, 0.5) is 5.69 Å². The lowest BCUT2D eigenvalue weighted by atomic mass is 10.0. The average Bonchev–Trinajstić information content (AvgIpc) is 3.67. The highest BCUT2D eigenvalue weighted by molar-refractivity contribution is 7.80. The third-order valence-corrected chi connectivity index (χ3v) is 7.99. The molecule has 2 atom stereocenters. The molecule has 1 aliphatic heterocycles. The minimum Gasteiger partial charge on any atom is -0.490 e. The van der Waals surface area contributed by atoms with Crippen molar-refractivity contribution in [2.45, 2.75) is 50.8 Å². The number of nitrogens with one attached hydrogen (secondary N) is 1. The van der Waals surface area contributed by atoms with Gasteiger partial charge in [-0.1, -0.05) is 29.8 Å². The summed E-state index contributed by atoms with van der Waals surface area (Å²) >= 11 is 12.3. The molecule has 4 aromatic rings. The van der Waals surface area contributed by atoms with E-state index >= 15 is 0 Å². The molecule has 2 aromatic heterocycles. The topological polar surface area (TPSA) is 50.5 Å². The molecule has 1 N–H and O–H groups in total. The molecule has 5 nitrogen and oxygen atoms in total. The summed E-state index contributed by atoms with van der Waals surface area (Å²) in [5.41, 5.74) is 3.83. The molecule has 188 valence electrons. The first-order valence-electron chi connectivity index (χ1n) is 12.7. The van der Waals surface area contributed by atoms with Gasteiger partial charge in [-0.25, -0.2) is 0 Å². The lowest BCUT2D eigenvalue weighted by Gasteiger charge is -2.26. The number of pyridine rings is 1. The Hall–Kier alpha value is -3.35. The van der Waals surface area contributed by atoms with Crippen LogP contribution in [0.25, 0.3) is 11.3 Å². The fraction of sp³-hybridized carbons (Fsp3) is 0.267. The van der Waals surface area contributed by atoms with Crippen molar-refractivity contribution in [3.63, 3.8) is 0 Å². The van der Waals surface area contributed by atoms with E-state index in [4.69, 9.17) is 33.0 Å². The van der Waals surface area contributed by atoms with E-state index in [2.05, 4.69) is 27.3 Å². The second kappa shape index (κ2) is 10.2. The molecule has 6 rings (SSSR count). The number of anilines is 1. The standard InChI is InChI=1S/C30H28ClN3O2S/c1-19-23(9-6-10-24(19)31)26-16-17-27(36-26)29-28(25-11-4-5-18-32-25)33-30(37)34(29)20-12-14-22(15-13-20)35-21-7-2-3-8-21/h4-6,9-18,21,28-29H,2-3,7-8H2,1H3,(H,33,37)/t28-,29-/m0/s1. The molecule has 3 heterocycles. The highest BCUT2D eigenvalue weighted by atomic mass is 35.5. The van der Waals surface area contributed by atoms with Gasteiger partial charge in [0.2, 0.25) is 0 Å². The van der Waals surface area contributed by atoms with E-state index in [0.29, 0.717) is 16.2 Å². The Morgan fingerprint density at radius 1 is 1.00 bits per heavy atom. The SMILES string of the molecule is Cc1c(Cl)cccc1-c1ccc([C@H]2[C@H](c3ccccn3)NC(=S)N2c2ccc(OC3CCCC3)cc2)o1. The Morgan fingerprint density at radius 2 is 1.81 bits per heavy atom. The van der Waals surface area contributed by atoms with E-state index < -0.39 is 0 Å². The molecule has 2 aromatic carbocycles. The summed E-state index contributed by atoms with van der Waals surface area (Å²) in [7, 11) is 0. The van der Waals surface area contributed by atoms with Crippen molar-refractivity contribution in [2.24, 2.45) is 0 Å². The molecule has 2 fully saturated rings. The first-order chi connectivity index (χ1) is 18.1. The molecule has 1 saturated carbocycles. The van der Waals surface area contributed by atoms with Crippen molar-refractivity contribution in [1.29, 1.82) is 0 Å². The Kier molecular flexibility index (Phi) is 6.61. The first kappa shape index (κ1) is 24.0. The number of aromatic nitrogens is 1. The molecule has 7 heteroatoms. The maximum absolute atomic E-state index is 6.50. The zero-order valence-corrected chi connectivity index (χ0v) is 22.1. The second-order valence-corrected chi connectivity index (χ2v) is 10.4. The van der Waals surface area contributed by atoms with Gasteiger partial charge in [0.05, 0.1) is 17.8 Å². The lowest BCUT2D eigenvalue weighted by Crippen LogP contribution is -2.29. The molecule has 2 aliphatic rings. The number of nitrogens with zero attached hydrogens (tertiary/aromatic N) is 2. The molecule has 0 radical (unpaired) electrons. The lowest BCUT2D eigenvalue weighted by molar-refractivity contribution is 0.210. The number of benzene rings is 2. The van der Waals surface area contributed by atoms with Crippen LogP contribution in [0.2, 0.25) is 5.02 Å². The normalized spacial score (nSPS) is 19.8. The molecule has 0 amide bonds. The smallest absolute Gasteiger partial charge is 0.174 e. The summed E-state index contributed by atoms with van der Waals surface area (Å²) in [6, 6.07) is 23.6. The fourth-order valence-electron chi connectivity index (χ4n) is 5.34. The molecular weight excluding hydrogens is 502 g/mol. The van der Waals surface area contributed by atoms with Gasteiger partial charge in [0.1, 0.15) is 23.3 Å². The summed E-state index contributed by atoms with van der Waals surface area (Å²) in [5.74, 6) is 2.46. The van der Waals surface area contributed by atoms with Crippen LogP contribution in [0.5, 0.6) is 5.75 Å². The van der Waals surface area contributed by atoms with Gasteiger partial charge < -0.3 is 19.4 Å². The second-order valence-electron chi connectivity index (χ2n) is 9.63. The maximum Gasteiger partial charge on any atom is 0.174 e. The molecule has 0 unspecified atom stereocenters. The van der Waals surface area contributed by atoms with E-state index in [1.807, 2.05) is 67.6 Å². The predicted octanol–water partition coefficient (Wildman–Crippen LogP) is 7.80. The molecule has 1 aliphatic carbocycles. The largest absolute Gasteiger partial charge is 0.490 e. The van der Waals surface area contributed by atoms with Crippen LogP contribution in [0.1, 0.15) is 54.8 Å². The van der Waals surface area contributed by atoms with Gasteiger partial charge in [-0.05, 0) is 105 Å². The van der Waals surface area contributed by atoms with E-state index in [0.717, 1.165) is 52.6 Å². The number of hydrogen-bond donors (Lipinski definition) is 1. The van der Waals surface area contributed by atoms with Crippen LogP contribution in [0.15, 0.2) is 83.4 Å². The number of ether oxygens (including phenoxy) is 1. The summed E-state index contributed by atoms with van der Waals surface area (Å²) < 4.78 is 12.7. The zero-order valence-electron chi connectivity index (χ0n) is 20.6. The van der Waals surface area contributed by atoms with Crippen LogP contribution < -0.4 is 15.0 Å². The predicted molar refractivity (Wildman–Crippen MR) is 151 cm³/mol. The highest BCUT2D eigenvalue weighted by Crippen LogP contribution is 2.43. The van der Waals surface area contributed by atoms with Crippen LogP contribution in [0, 0.1) is 6.92 Å². The van der Waals surface area contributed by atoms with Gasteiger partial charge in [-0.15, -0.1) is 0 Å². The number of rotatable bonds is 6. The monoisotopic (exact) mass is 529 g/mol. The number of halogens is 1. The summed E-state index contributed by atoms with van der Waals surface area (Å²) in [6.45, 7) is 2.00. The first-order valence-corrected chi connectivity index (χ1v) is 13.5. The number of hydrogen-bond acceptors (Lipinski definition) is 4. The Labute approximate surface area is 227 Å². The number of thiocarbonyl (C=S) groups is 1. The zero-order chi connectivity index (χ0) is 25.4. The summed E-state index contributed by atoms with van der Waals surface area (Å²) in [6.07, 6.45) is 6.86. The summed E-state index contributed by atoms with van der Waals surface area (Å²) in [4.78, 5) is 6.75. The minimum absolute atomic E-state index is 0.178. The van der Waals surface area contributed by atoms with Crippen molar-refractivity contribution < 1.29 is 9.15 Å². The van der Waals surface area contributed by atoms with Crippen LogP contribution in [-0.2, 0) is 0 Å². The van der Waals surface area contributed by atoms with E-state index in [-0.39, 0.29) is 12.1 Å². The van der Waals surface area contributed by atoms with Crippen molar-refractivity contribution in [3.05, 3.63) is 101 Å².